The van der Waals surface area contributed by atoms with E-state index in [1.807, 2.05) is 29.2 Å². The number of carbonyl (C=O) groups excluding carboxylic acids is 2. The fraction of sp³-hybridized carbons (Fsp3) is 0.407. The molecule has 6 nitrogen and oxygen atoms in total. The molecular weight excluding hydrogens is 414 g/mol. The Morgan fingerprint density at radius 1 is 1.21 bits per heavy atom. The average Bonchev–Trinajstić information content (AvgIpc) is 3.36. The van der Waals surface area contributed by atoms with Crippen molar-refractivity contribution >= 4 is 28.4 Å². The van der Waals surface area contributed by atoms with Gasteiger partial charge in [0.1, 0.15) is 6.61 Å². The van der Waals surface area contributed by atoms with Crippen LogP contribution in [0.2, 0.25) is 0 Å². The largest absolute Gasteiger partial charge is 0.370 e. The predicted octanol–water partition coefficient (Wildman–Crippen LogP) is 3.94. The number of aromatic nitrogens is 1. The Morgan fingerprint density at radius 3 is 2.97 bits per heavy atom. The molecule has 1 aromatic heterocycles. The molecule has 2 N–H and O–H groups in total. The summed E-state index contributed by atoms with van der Waals surface area (Å²) in [7, 11) is 0. The molecule has 170 valence electrons. The number of rotatable bonds is 3. The molecular formula is C27H29N3O3. The fourth-order valence-electron chi connectivity index (χ4n) is 5.84. The monoisotopic (exact) mass is 443 g/mol. The van der Waals surface area contributed by atoms with Crippen molar-refractivity contribution in [2.45, 2.75) is 44.6 Å². The van der Waals surface area contributed by atoms with Gasteiger partial charge in [-0.3, -0.25) is 9.59 Å². The third-order valence-electron chi connectivity index (χ3n) is 7.48. The van der Waals surface area contributed by atoms with Crippen molar-refractivity contribution in [1.82, 2.24) is 10.3 Å². The van der Waals surface area contributed by atoms with Gasteiger partial charge in [-0.1, -0.05) is 25.1 Å². The van der Waals surface area contributed by atoms with Crippen LogP contribution in [-0.4, -0.2) is 42.6 Å². The van der Waals surface area contributed by atoms with Crippen LogP contribution in [0.25, 0.3) is 10.9 Å². The van der Waals surface area contributed by atoms with E-state index in [1.54, 1.807) is 0 Å². The molecule has 3 atom stereocenters. The Morgan fingerprint density at radius 2 is 2.09 bits per heavy atom. The molecule has 3 aliphatic rings. The Labute approximate surface area is 193 Å². The van der Waals surface area contributed by atoms with Crippen LogP contribution in [0.5, 0.6) is 0 Å². The molecule has 2 aromatic carbocycles. The SMILES string of the molecule is CC1CCc2[nH]c3ccc(C(=O)N4CC(CC5COCC(=O)N5)c5ccccc54)cc3c2C1. The highest BCUT2D eigenvalue weighted by Crippen LogP contribution is 2.40. The molecule has 6 rings (SSSR count). The molecule has 3 aromatic rings. The topological polar surface area (TPSA) is 74.4 Å². The molecule has 0 radical (unpaired) electrons. The third kappa shape index (κ3) is 3.62. The van der Waals surface area contributed by atoms with Crippen molar-refractivity contribution < 1.29 is 14.3 Å². The van der Waals surface area contributed by atoms with Gasteiger partial charge in [0.15, 0.2) is 0 Å². The number of hydrogen-bond acceptors (Lipinski definition) is 3. The van der Waals surface area contributed by atoms with Gasteiger partial charge in [-0.15, -0.1) is 0 Å². The summed E-state index contributed by atoms with van der Waals surface area (Å²) >= 11 is 0. The summed E-state index contributed by atoms with van der Waals surface area (Å²) in [5, 5.41) is 4.22. The zero-order valence-corrected chi connectivity index (χ0v) is 18.9. The first-order valence-corrected chi connectivity index (χ1v) is 12.0. The number of aromatic amines is 1. The highest BCUT2D eigenvalue weighted by molar-refractivity contribution is 6.09. The van der Waals surface area contributed by atoms with Crippen molar-refractivity contribution in [3.63, 3.8) is 0 Å². The zero-order valence-electron chi connectivity index (χ0n) is 18.9. The highest BCUT2D eigenvalue weighted by Gasteiger charge is 2.35. The minimum absolute atomic E-state index is 0.0240. The Kier molecular flexibility index (Phi) is 4.98. The van der Waals surface area contributed by atoms with Gasteiger partial charge in [0.05, 0.1) is 12.6 Å². The van der Waals surface area contributed by atoms with Crippen LogP contribution in [0, 0.1) is 5.92 Å². The summed E-state index contributed by atoms with van der Waals surface area (Å²) in [4.78, 5) is 31.0. The summed E-state index contributed by atoms with van der Waals surface area (Å²) in [6.45, 7) is 3.57. The minimum atomic E-state index is -0.0667. The van der Waals surface area contributed by atoms with Crippen molar-refractivity contribution in [2.24, 2.45) is 5.92 Å². The summed E-state index contributed by atoms with van der Waals surface area (Å²) in [6, 6.07) is 14.2. The zero-order chi connectivity index (χ0) is 22.5. The lowest BCUT2D eigenvalue weighted by Crippen LogP contribution is -2.46. The number of amides is 2. The Balaban J connectivity index is 1.29. The second-order valence-electron chi connectivity index (χ2n) is 9.88. The third-order valence-corrected chi connectivity index (χ3v) is 7.48. The van der Waals surface area contributed by atoms with E-state index in [2.05, 4.69) is 35.4 Å². The van der Waals surface area contributed by atoms with E-state index in [4.69, 9.17) is 4.74 Å². The summed E-state index contributed by atoms with van der Waals surface area (Å²) < 4.78 is 5.43. The first kappa shape index (κ1) is 20.5. The standard InChI is InChI=1S/C27H29N3O3/c1-16-6-8-23-21(10-16)22-12-17(7-9-24(22)29-23)27(32)30-13-18(20-4-2-3-5-25(20)30)11-19-14-33-15-26(31)28-19/h2-5,7,9,12,16,18-19,29H,6,8,10-11,13-15H2,1H3,(H,28,31). The highest BCUT2D eigenvalue weighted by atomic mass is 16.5. The van der Waals surface area contributed by atoms with E-state index < -0.39 is 0 Å². The van der Waals surface area contributed by atoms with E-state index in [0.29, 0.717) is 19.1 Å². The maximum Gasteiger partial charge on any atom is 0.258 e. The molecule has 0 saturated carbocycles. The number of para-hydroxylation sites is 1. The molecule has 33 heavy (non-hydrogen) atoms. The van der Waals surface area contributed by atoms with Crippen LogP contribution in [0.1, 0.15) is 52.9 Å². The lowest BCUT2D eigenvalue weighted by atomic mass is 9.87. The fourth-order valence-corrected chi connectivity index (χ4v) is 5.84. The number of H-pyrrole nitrogens is 1. The number of fused-ring (bicyclic) bond motifs is 4. The number of carbonyl (C=O) groups is 2. The second kappa shape index (κ2) is 8.03. The molecule has 1 saturated heterocycles. The number of ether oxygens (including phenoxy) is 1. The normalized spacial score (nSPS) is 24.5. The van der Waals surface area contributed by atoms with Gasteiger partial charge >= 0.3 is 0 Å². The predicted molar refractivity (Wildman–Crippen MR) is 128 cm³/mol. The van der Waals surface area contributed by atoms with Gasteiger partial charge in [-0.2, -0.15) is 0 Å². The lowest BCUT2D eigenvalue weighted by molar-refractivity contribution is -0.131. The minimum Gasteiger partial charge on any atom is -0.370 e. The van der Waals surface area contributed by atoms with E-state index in [-0.39, 0.29) is 30.4 Å². The molecule has 1 aliphatic carbocycles. The number of hydrogen-bond donors (Lipinski definition) is 2. The van der Waals surface area contributed by atoms with Crippen LogP contribution in [-0.2, 0) is 22.4 Å². The van der Waals surface area contributed by atoms with Gasteiger partial charge in [0, 0.05) is 40.3 Å². The van der Waals surface area contributed by atoms with Crippen molar-refractivity contribution in [3.8, 4) is 0 Å². The number of morpholine rings is 1. The van der Waals surface area contributed by atoms with Crippen molar-refractivity contribution in [3.05, 3.63) is 64.8 Å². The number of nitrogens with zero attached hydrogens (tertiary/aromatic N) is 1. The molecule has 3 heterocycles. The first-order valence-electron chi connectivity index (χ1n) is 12.0. The molecule has 0 spiro atoms. The van der Waals surface area contributed by atoms with Gasteiger partial charge in [0.25, 0.3) is 5.91 Å². The van der Waals surface area contributed by atoms with Crippen molar-refractivity contribution in [1.29, 1.82) is 0 Å². The van der Waals surface area contributed by atoms with Crippen LogP contribution in [0.15, 0.2) is 42.5 Å². The Hall–Kier alpha value is -3.12. The molecule has 1 fully saturated rings. The van der Waals surface area contributed by atoms with Gasteiger partial charge in [0.2, 0.25) is 5.91 Å². The Bertz CT molecular complexity index is 1250. The van der Waals surface area contributed by atoms with E-state index in [0.717, 1.165) is 36.0 Å². The number of aryl methyl sites for hydroxylation is 1. The summed E-state index contributed by atoms with van der Waals surface area (Å²) in [6.07, 6.45) is 4.12. The maximum atomic E-state index is 13.7. The summed E-state index contributed by atoms with van der Waals surface area (Å²) in [5.74, 6) is 0.811. The van der Waals surface area contributed by atoms with Crippen LogP contribution < -0.4 is 10.2 Å². The number of benzene rings is 2. The van der Waals surface area contributed by atoms with Gasteiger partial charge < -0.3 is 19.9 Å². The van der Waals surface area contributed by atoms with Gasteiger partial charge in [-0.25, -0.2) is 0 Å². The van der Waals surface area contributed by atoms with Crippen molar-refractivity contribution in [2.75, 3.05) is 24.7 Å². The quantitative estimate of drug-likeness (QED) is 0.644. The average molecular weight is 444 g/mol. The van der Waals surface area contributed by atoms with E-state index >= 15 is 0 Å². The molecule has 2 amide bonds. The van der Waals surface area contributed by atoms with E-state index in [9.17, 15) is 9.59 Å². The van der Waals surface area contributed by atoms with Crippen LogP contribution in [0.3, 0.4) is 0 Å². The maximum absolute atomic E-state index is 13.7. The second-order valence-corrected chi connectivity index (χ2v) is 9.88. The lowest BCUT2D eigenvalue weighted by Gasteiger charge is -2.26. The number of nitrogens with one attached hydrogen (secondary N) is 2. The van der Waals surface area contributed by atoms with E-state index in [1.165, 1.54) is 28.6 Å². The first-order chi connectivity index (χ1) is 16.1. The molecule has 0 bridgehead atoms. The molecule has 3 unspecified atom stereocenters. The van der Waals surface area contributed by atoms with Crippen LogP contribution >= 0.6 is 0 Å². The smallest absolute Gasteiger partial charge is 0.258 e. The number of anilines is 1. The summed E-state index contributed by atoms with van der Waals surface area (Å²) in [5.41, 5.74) is 6.70. The van der Waals surface area contributed by atoms with Gasteiger partial charge in [-0.05, 0) is 67.0 Å². The molecule has 2 aliphatic heterocycles. The van der Waals surface area contributed by atoms with Crippen LogP contribution in [0.4, 0.5) is 5.69 Å². The molecule has 6 heteroatoms.